The highest BCUT2D eigenvalue weighted by Crippen LogP contribution is 2.33. The Kier molecular flexibility index (Phi) is 4.44. The Morgan fingerprint density at radius 2 is 1.87 bits per heavy atom. The van der Waals surface area contributed by atoms with Gasteiger partial charge in [0.1, 0.15) is 11.6 Å². The Labute approximate surface area is 134 Å². The first-order valence-corrected chi connectivity index (χ1v) is 7.87. The summed E-state index contributed by atoms with van der Waals surface area (Å²) >= 11 is 0. The number of hydrogen-bond donors (Lipinski definition) is 2. The van der Waals surface area contributed by atoms with Crippen molar-refractivity contribution >= 4 is 10.9 Å². The Morgan fingerprint density at radius 1 is 1.04 bits per heavy atom. The summed E-state index contributed by atoms with van der Waals surface area (Å²) in [6.45, 7) is 2.68. The van der Waals surface area contributed by atoms with Gasteiger partial charge in [0, 0.05) is 22.5 Å². The zero-order valence-corrected chi connectivity index (χ0v) is 13.1. The summed E-state index contributed by atoms with van der Waals surface area (Å²) in [5, 5.41) is 1.10. The first kappa shape index (κ1) is 15.7. The molecule has 0 aliphatic carbocycles. The predicted octanol–water partition coefficient (Wildman–Crippen LogP) is 4.70. The molecule has 0 fully saturated rings. The highest BCUT2D eigenvalue weighted by Gasteiger charge is 2.16. The number of H-pyrrole nitrogens is 1. The second kappa shape index (κ2) is 6.50. The molecule has 0 radical (unpaired) electrons. The molecule has 0 saturated heterocycles. The van der Waals surface area contributed by atoms with Crippen molar-refractivity contribution in [3.63, 3.8) is 0 Å². The lowest BCUT2D eigenvalue weighted by Crippen LogP contribution is -1.99. The van der Waals surface area contributed by atoms with Gasteiger partial charge in [-0.1, -0.05) is 11.6 Å². The third-order valence-electron chi connectivity index (χ3n) is 4.14. The molecule has 0 saturated carbocycles. The molecule has 0 bridgehead atoms. The number of nitrogens with two attached hydrogens (primary N) is 1. The lowest BCUT2D eigenvalue weighted by Gasteiger charge is -2.07. The van der Waals surface area contributed by atoms with Gasteiger partial charge in [-0.15, -0.1) is 0 Å². The quantitative estimate of drug-likeness (QED) is 0.658. The zero-order chi connectivity index (χ0) is 16.4. The van der Waals surface area contributed by atoms with E-state index in [9.17, 15) is 8.78 Å². The van der Waals surface area contributed by atoms with Crippen molar-refractivity contribution < 1.29 is 8.78 Å². The van der Waals surface area contributed by atoms with Crippen molar-refractivity contribution in [3.05, 3.63) is 59.2 Å². The van der Waals surface area contributed by atoms with Gasteiger partial charge in [-0.25, -0.2) is 8.78 Å². The van der Waals surface area contributed by atoms with E-state index in [1.165, 1.54) is 12.1 Å². The molecule has 1 heterocycles. The summed E-state index contributed by atoms with van der Waals surface area (Å²) < 4.78 is 27.4. The van der Waals surface area contributed by atoms with E-state index >= 15 is 0 Å². The smallest absolute Gasteiger partial charge is 0.135 e. The number of hydrogen-bond acceptors (Lipinski definition) is 1. The molecule has 2 aromatic carbocycles. The fraction of sp³-hybridized carbons (Fsp3) is 0.263. The Morgan fingerprint density at radius 3 is 2.61 bits per heavy atom. The maximum absolute atomic E-state index is 14.2. The van der Waals surface area contributed by atoms with Crippen LogP contribution in [0, 0.1) is 18.6 Å². The van der Waals surface area contributed by atoms with Crippen LogP contribution in [0.5, 0.6) is 0 Å². The molecule has 2 nitrogen and oxygen atoms in total. The summed E-state index contributed by atoms with van der Waals surface area (Å²) in [6.07, 6.45) is 2.67. The Balaban J connectivity index is 2.16. The van der Waals surface area contributed by atoms with Crippen LogP contribution in [-0.4, -0.2) is 11.5 Å². The number of benzene rings is 2. The molecule has 3 rings (SSSR count). The topological polar surface area (TPSA) is 41.8 Å². The third-order valence-corrected chi connectivity index (χ3v) is 4.14. The number of fused-ring (bicyclic) bond motifs is 1. The van der Waals surface area contributed by atoms with Crippen molar-refractivity contribution in [1.82, 2.24) is 4.98 Å². The fourth-order valence-electron chi connectivity index (χ4n) is 2.99. The van der Waals surface area contributed by atoms with Crippen LogP contribution < -0.4 is 5.73 Å². The maximum Gasteiger partial charge on any atom is 0.135 e. The number of nitrogens with one attached hydrogen (secondary N) is 1. The van der Waals surface area contributed by atoms with Gasteiger partial charge in [0.2, 0.25) is 0 Å². The van der Waals surface area contributed by atoms with Gasteiger partial charge < -0.3 is 10.7 Å². The predicted molar refractivity (Wildman–Crippen MR) is 90.4 cm³/mol. The van der Waals surface area contributed by atoms with E-state index in [2.05, 4.69) is 11.1 Å². The molecule has 4 heteroatoms. The third kappa shape index (κ3) is 3.13. The minimum atomic E-state index is -0.567. The largest absolute Gasteiger partial charge is 0.354 e. The summed E-state index contributed by atoms with van der Waals surface area (Å²) in [7, 11) is 0. The number of rotatable bonds is 5. The molecular formula is C19H20F2N2. The first-order valence-electron chi connectivity index (χ1n) is 7.87. The Bertz CT molecular complexity index is 837. The normalized spacial score (nSPS) is 11.3. The second-order valence-electron chi connectivity index (χ2n) is 5.90. The highest BCUT2D eigenvalue weighted by molar-refractivity contribution is 5.91. The van der Waals surface area contributed by atoms with Crippen molar-refractivity contribution in [2.24, 2.45) is 5.73 Å². The van der Waals surface area contributed by atoms with E-state index < -0.39 is 11.6 Å². The van der Waals surface area contributed by atoms with Crippen LogP contribution in [0.4, 0.5) is 8.78 Å². The summed E-state index contributed by atoms with van der Waals surface area (Å²) in [4.78, 5) is 3.30. The van der Waals surface area contributed by atoms with Gasteiger partial charge in [-0.05, 0) is 62.6 Å². The molecule has 0 aliphatic rings. The first-order chi connectivity index (χ1) is 11.1. The minimum absolute atomic E-state index is 0.406. The number of halogens is 2. The average Bonchev–Trinajstić information content (AvgIpc) is 2.85. The van der Waals surface area contributed by atoms with E-state index in [1.54, 1.807) is 0 Å². The molecule has 0 amide bonds. The fourth-order valence-corrected chi connectivity index (χ4v) is 2.99. The summed E-state index contributed by atoms with van der Waals surface area (Å²) in [5.74, 6) is -1.11. The van der Waals surface area contributed by atoms with Gasteiger partial charge in [0.25, 0.3) is 0 Å². The number of aryl methyl sites for hydroxylation is 2. The zero-order valence-electron chi connectivity index (χ0n) is 13.1. The monoisotopic (exact) mass is 314 g/mol. The molecule has 0 spiro atoms. The van der Waals surface area contributed by atoms with Crippen LogP contribution in [0.15, 0.2) is 36.4 Å². The lowest BCUT2D eigenvalue weighted by molar-refractivity contribution is 0.585. The van der Waals surface area contributed by atoms with Crippen LogP contribution in [-0.2, 0) is 6.42 Å². The molecule has 0 unspecified atom stereocenters. The SMILES string of the molecule is Cc1ccc2[nH]c(-c3ccc(F)cc3F)c(CCCCN)c2c1. The van der Waals surface area contributed by atoms with E-state index in [1.807, 2.05) is 19.1 Å². The van der Waals surface area contributed by atoms with Crippen molar-refractivity contribution in [1.29, 1.82) is 0 Å². The molecule has 0 atom stereocenters. The van der Waals surface area contributed by atoms with E-state index in [0.717, 1.165) is 53.1 Å². The van der Waals surface area contributed by atoms with Crippen molar-refractivity contribution in [2.75, 3.05) is 6.54 Å². The average molecular weight is 314 g/mol. The van der Waals surface area contributed by atoms with Gasteiger partial charge >= 0.3 is 0 Å². The highest BCUT2D eigenvalue weighted by atomic mass is 19.1. The van der Waals surface area contributed by atoms with Crippen molar-refractivity contribution in [3.8, 4) is 11.3 Å². The van der Waals surface area contributed by atoms with Crippen LogP contribution in [0.1, 0.15) is 24.0 Å². The number of aromatic nitrogens is 1. The molecule has 120 valence electrons. The maximum atomic E-state index is 14.2. The molecule has 0 aliphatic heterocycles. The standard InChI is InChI=1S/C19H20F2N2/c1-12-5-8-18-16(10-12)14(4-2-3-9-22)19(23-18)15-7-6-13(20)11-17(15)21/h5-8,10-11,23H,2-4,9,22H2,1H3. The molecule has 1 aromatic heterocycles. The molecular weight excluding hydrogens is 294 g/mol. The van der Waals surface area contributed by atoms with Gasteiger partial charge in [-0.2, -0.15) is 0 Å². The molecule has 3 aromatic rings. The van der Waals surface area contributed by atoms with E-state index in [0.29, 0.717) is 12.1 Å². The summed E-state index contributed by atoms with van der Waals surface area (Å²) in [5.41, 5.74) is 9.92. The van der Waals surface area contributed by atoms with Gasteiger partial charge in [0.15, 0.2) is 0 Å². The van der Waals surface area contributed by atoms with Crippen LogP contribution in [0.3, 0.4) is 0 Å². The second-order valence-corrected chi connectivity index (χ2v) is 5.90. The number of aromatic amines is 1. The van der Waals surface area contributed by atoms with E-state index in [4.69, 9.17) is 5.73 Å². The van der Waals surface area contributed by atoms with Crippen LogP contribution in [0.2, 0.25) is 0 Å². The van der Waals surface area contributed by atoms with Crippen LogP contribution in [0.25, 0.3) is 22.2 Å². The molecule has 23 heavy (non-hydrogen) atoms. The Hall–Kier alpha value is -2.20. The number of unbranched alkanes of at least 4 members (excludes halogenated alkanes) is 1. The van der Waals surface area contributed by atoms with Crippen LogP contribution >= 0.6 is 0 Å². The van der Waals surface area contributed by atoms with Gasteiger partial charge in [-0.3, -0.25) is 0 Å². The van der Waals surface area contributed by atoms with E-state index in [-0.39, 0.29) is 0 Å². The van der Waals surface area contributed by atoms with Crippen molar-refractivity contribution in [2.45, 2.75) is 26.2 Å². The summed E-state index contributed by atoms with van der Waals surface area (Å²) in [6, 6.07) is 9.84. The minimum Gasteiger partial charge on any atom is -0.354 e. The van der Waals surface area contributed by atoms with Gasteiger partial charge in [0.05, 0.1) is 5.69 Å². The molecule has 3 N–H and O–H groups in total. The lowest BCUT2D eigenvalue weighted by atomic mass is 9.99.